The Morgan fingerprint density at radius 3 is 1.98 bits per heavy atom. The fourth-order valence-corrected chi connectivity index (χ4v) is 19.6. The van der Waals surface area contributed by atoms with E-state index in [-0.39, 0.29) is 40.3 Å². The quantitative estimate of drug-likeness (QED) is 0.0958. The molecule has 8 atom stereocenters. The average molecular weight is 731 g/mol. The Morgan fingerprint density at radius 2 is 1.48 bits per heavy atom. The summed E-state index contributed by atoms with van der Waals surface area (Å²) in [6.45, 7) is 36.4. The highest BCUT2D eigenvalue weighted by molar-refractivity contribution is 6.85. The van der Waals surface area contributed by atoms with E-state index >= 15 is 0 Å². The van der Waals surface area contributed by atoms with E-state index in [9.17, 15) is 9.59 Å². The van der Waals surface area contributed by atoms with Gasteiger partial charge in [0.05, 0.1) is 42.6 Å². The Kier molecular flexibility index (Phi) is 13.7. The van der Waals surface area contributed by atoms with Crippen molar-refractivity contribution in [1.29, 1.82) is 0 Å². The second kappa shape index (κ2) is 16.0. The van der Waals surface area contributed by atoms with Crippen LogP contribution in [0.25, 0.3) is 0 Å². The van der Waals surface area contributed by atoms with Gasteiger partial charge in [-0.3, -0.25) is 0 Å². The standard InChI is InChI=1S/C42H74O6Si2/c1-29(2)50(30(3)4,31(5)6)36(32(7)28-43)26-35(45-38(44)34-20-18-17-19-21-34)27-40(12)24-25-42(14,48-40)37-22-23-41(13,46-37)33(8)47-49(15,16)39(9,10)11/h17-21,28-33,35-37H,22-27H2,1-16H3/t32-,33-,35-,36+,37-,40+,41+,42+/m1/s1. The van der Waals surface area contributed by atoms with Crippen molar-refractivity contribution in [1.82, 2.24) is 0 Å². The molecule has 50 heavy (non-hydrogen) atoms. The second-order valence-electron chi connectivity index (χ2n) is 19.2. The number of rotatable bonds is 16. The van der Waals surface area contributed by atoms with E-state index in [1.54, 1.807) is 0 Å². The normalized spacial score (nSPS) is 29.0. The van der Waals surface area contributed by atoms with Crippen LogP contribution in [0.5, 0.6) is 0 Å². The van der Waals surface area contributed by atoms with E-state index in [4.69, 9.17) is 18.6 Å². The third kappa shape index (κ3) is 9.06. The van der Waals surface area contributed by atoms with Gasteiger partial charge in [-0.05, 0) is 95.6 Å². The highest BCUT2D eigenvalue weighted by Gasteiger charge is 2.56. The molecule has 0 radical (unpaired) electrons. The van der Waals surface area contributed by atoms with E-state index in [0.29, 0.717) is 35.0 Å². The van der Waals surface area contributed by atoms with E-state index in [2.05, 4.69) is 110 Å². The fourth-order valence-electron chi connectivity index (χ4n) is 9.87. The van der Waals surface area contributed by atoms with E-state index in [0.717, 1.165) is 32.0 Å². The minimum absolute atomic E-state index is 0.0180. The second-order valence-corrected chi connectivity index (χ2v) is 30.2. The van der Waals surface area contributed by atoms with Gasteiger partial charge in [0.25, 0.3) is 0 Å². The van der Waals surface area contributed by atoms with Crippen LogP contribution in [0.1, 0.15) is 146 Å². The van der Waals surface area contributed by atoms with E-state index in [1.807, 2.05) is 30.3 Å². The summed E-state index contributed by atoms with van der Waals surface area (Å²) in [5.41, 5.74) is 0.777. The van der Waals surface area contributed by atoms with Gasteiger partial charge < -0.3 is 23.4 Å². The first-order chi connectivity index (χ1) is 22.9. The molecule has 0 amide bonds. The number of hydrogen-bond acceptors (Lipinski definition) is 6. The van der Waals surface area contributed by atoms with Crippen LogP contribution in [0.3, 0.4) is 0 Å². The number of aldehydes is 1. The van der Waals surface area contributed by atoms with Crippen LogP contribution in [-0.4, -0.2) is 63.8 Å². The first kappa shape index (κ1) is 43.1. The summed E-state index contributed by atoms with van der Waals surface area (Å²) in [5, 5.41) is 0.128. The Morgan fingerprint density at radius 1 is 0.920 bits per heavy atom. The highest BCUT2D eigenvalue weighted by Crippen LogP contribution is 2.55. The zero-order valence-corrected chi connectivity index (χ0v) is 36.8. The van der Waals surface area contributed by atoms with Crippen LogP contribution >= 0.6 is 0 Å². The van der Waals surface area contributed by atoms with Gasteiger partial charge in [-0.15, -0.1) is 0 Å². The molecule has 8 heteroatoms. The first-order valence-electron chi connectivity index (χ1n) is 19.6. The van der Waals surface area contributed by atoms with Gasteiger partial charge in [0.15, 0.2) is 8.32 Å². The van der Waals surface area contributed by atoms with Gasteiger partial charge >= 0.3 is 5.97 Å². The topological polar surface area (TPSA) is 71.1 Å². The molecule has 0 aromatic heterocycles. The van der Waals surface area contributed by atoms with Gasteiger partial charge in [-0.25, -0.2) is 4.79 Å². The van der Waals surface area contributed by atoms with E-state index in [1.165, 1.54) is 0 Å². The van der Waals surface area contributed by atoms with Crippen molar-refractivity contribution in [2.45, 2.75) is 211 Å². The molecule has 6 nitrogen and oxygen atoms in total. The maximum atomic E-state index is 13.7. The molecule has 2 aliphatic heterocycles. The van der Waals surface area contributed by atoms with Crippen molar-refractivity contribution < 1.29 is 28.2 Å². The van der Waals surface area contributed by atoms with Gasteiger partial charge in [-0.1, -0.05) is 104 Å². The molecular formula is C42H74O6Si2. The van der Waals surface area contributed by atoms with E-state index < -0.39 is 33.7 Å². The molecule has 0 spiro atoms. The molecule has 2 heterocycles. The van der Waals surface area contributed by atoms with Crippen LogP contribution in [0, 0.1) is 5.92 Å². The zero-order valence-electron chi connectivity index (χ0n) is 34.8. The molecule has 0 bridgehead atoms. The molecule has 0 N–H and O–H groups in total. The van der Waals surface area contributed by atoms with Crippen molar-refractivity contribution in [3.8, 4) is 0 Å². The van der Waals surface area contributed by atoms with Gasteiger partial charge in [-0.2, -0.15) is 0 Å². The number of hydrogen-bond donors (Lipinski definition) is 0. The summed E-state index contributed by atoms with van der Waals surface area (Å²) >= 11 is 0. The van der Waals surface area contributed by atoms with Crippen LogP contribution in [-0.2, 0) is 23.4 Å². The predicted octanol–water partition coefficient (Wildman–Crippen LogP) is 11.6. The number of carbonyl (C=O) groups excluding carboxylic acids is 2. The van der Waals surface area contributed by atoms with Crippen LogP contribution < -0.4 is 0 Å². The molecule has 1 aromatic carbocycles. The minimum atomic E-state index is -2.11. The van der Waals surface area contributed by atoms with Crippen molar-refractivity contribution >= 4 is 28.6 Å². The van der Waals surface area contributed by atoms with Crippen LogP contribution in [0.15, 0.2) is 30.3 Å². The maximum absolute atomic E-state index is 13.7. The Balaban J connectivity index is 1.91. The number of carbonyl (C=O) groups is 2. The van der Waals surface area contributed by atoms with Crippen LogP contribution in [0.4, 0.5) is 0 Å². The van der Waals surface area contributed by atoms with Crippen molar-refractivity contribution in [2.24, 2.45) is 5.92 Å². The number of benzene rings is 1. The van der Waals surface area contributed by atoms with Gasteiger partial charge in [0, 0.05) is 12.3 Å². The number of esters is 1. The molecule has 0 aliphatic carbocycles. The molecule has 2 aliphatic rings. The smallest absolute Gasteiger partial charge is 0.338 e. The summed E-state index contributed by atoms with van der Waals surface area (Å²) in [6.07, 6.45) is 5.51. The fraction of sp³-hybridized carbons (Fsp3) is 0.810. The predicted molar refractivity (Wildman–Crippen MR) is 212 cm³/mol. The molecule has 0 saturated carbocycles. The molecular weight excluding hydrogens is 657 g/mol. The average Bonchev–Trinajstić information content (AvgIpc) is 3.56. The molecule has 286 valence electrons. The Hall–Kier alpha value is -1.33. The first-order valence-corrected chi connectivity index (χ1v) is 24.9. The molecule has 3 rings (SSSR count). The lowest BCUT2D eigenvalue weighted by molar-refractivity contribution is -0.188. The minimum Gasteiger partial charge on any atom is -0.459 e. The molecule has 1 aromatic rings. The SMILES string of the molecule is CC(C)[Si](C(C)C)(C(C)C)[C@@H](C[C@H](C[C@]1(C)CC[C@@](C)([C@H]2CC[C@@](C)([C@@H](C)O[Si](C)(C)C(C)(C)C)O2)O1)OC(=O)c1ccccc1)[C@H](C)C=O. The third-order valence-corrected chi connectivity index (χ3v) is 26.3. The molecule has 0 unspecified atom stereocenters. The molecule has 2 saturated heterocycles. The largest absolute Gasteiger partial charge is 0.459 e. The monoisotopic (exact) mass is 731 g/mol. The summed E-state index contributed by atoms with van der Waals surface area (Å²) < 4.78 is 27.5. The van der Waals surface area contributed by atoms with Crippen molar-refractivity contribution in [2.75, 3.05) is 0 Å². The van der Waals surface area contributed by atoms with Gasteiger partial charge in [0.2, 0.25) is 0 Å². The Labute approximate surface area is 308 Å². The highest BCUT2D eigenvalue weighted by atomic mass is 28.4. The summed E-state index contributed by atoms with van der Waals surface area (Å²) in [7, 11) is -4.08. The molecule has 2 fully saturated rings. The maximum Gasteiger partial charge on any atom is 0.338 e. The third-order valence-electron chi connectivity index (χ3n) is 13.7. The van der Waals surface area contributed by atoms with Crippen molar-refractivity contribution in [3.63, 3.8) is 0 Å². The summed E-state index contributed by atoms with van der Waals surface area (Å²) in [4.78, 5) is 26.3. The number of ether oxygens (including phenoxy) is 3. The van der Waals surface area contributed by atoms with Gasteiger partial charge in [0.1, 0.15) is 12.4 Å². The zero-order chi connectivity index (χ0) is 38.1. The van der Waals surface area contributed by atoms with Crippen LogP contribution in [0.2, 0.25) is 40.3 Å². The summed E-state index contributed by atoms with van der Waals surface area (Å²) in [6, 6.07) is 9.29. The van der Waals surface area contributed by atoms with Crippen molar-refractivity contribution in [3.05, 3.63) is 35.9 Å². The Bertz CT molecular complexity index is 1250. The lowest BCUT2D eigenvalue weighted by Crippen LogP contribution is -2.52. The lowest BCUT2D eigenvalue weighted by Gasteiger charge is -2.51. The summed E-state index contributed by atoms with van der Waals surface area (Å²) in [5.74, 6) is -0.441. The lowest BCUT2D eigenvalue weighted by atomic mass is 9.88.